The molecule has 1 aliphatic rings. The first-order chi connectivity index (χ1) is 8.95. The maximum absolute atomic E-state index is 6.69. The van der Waals surface area contributed by atoms with Crippen molar-refractivity contribution in [2.75, 3.05) is 7.11 Å². The van der Waals surface area contributed by atoms with Gasteiger partial charge in [-0.15, -0.1) is 11.6 Å². The summed E-state index contributed by atoms with van der Waals surface area (Å²) < 4.78 is 12.1. The van der Waals surface area contributed by atoms with Crippen molar-refractivity contribution < 1.29 is 9.47 Å². The van der Waals surface area contributed by atoms with Gasteiger partial charge in [-0.25, -0.2) is 0 Å². The van der Waals surface area contributed by atoms with E-state index in [1.165, 1.54) is 0 Å². The lowest BCUT2D eigenvalue weighted by Crippen LogP contribution is -2.22. The minimum atomic E-state index is -0.0443. The summed E-state index contributed by atoms with van der Waals surface area (Å²) in [6.45, 7) is 6.44. The lowest BCUT2D eigenvalue weighted by Gasteiger charge is -2.24. The Balaban J connectivity index is 2.24. The van der Waals surface area contributed by atoms with Gasteiger partial charge in [0.2, 0.25) is 0 Å². The fraction of sp³-hybridized carbons (Fsp3) is 0.600. The highest BCUT2D eigenvalue weighted by atomic mass is 79.9. The Morgan fingerprint density at radius 3 is 2.42 bits per heavy atom. The van der Waals surface area contributed by atoms with Crippen molar-refractivity contribution in [1.82, 2.24) is 0 Å². The van der Waals surface area contributed by atoms with Gasteiger partial charge in [-0.1, -0.05) is 13.0 Å². The Bertz CT molecular complexity index is 452. The van der Waals surface area contributed by atoms with Gasteiger partial charge in [-0.2, -0.15) is 0 Å². The molecule has 0 spiro atoms. The van der Waals surface area contributed by atoms with Crippen LogP contribution < -0.4 is 4.74 Å². The summed E-state index contributed by atoms with van der Waals surface area (Å²) >= 11 is 10.2. The van der Waals surface area contributed by atoms with E-state index in [1.54, 1.807) is 7.11 Å². The van der Waals surface area contributed by atoms with Crippen molar-refractivity contribution in [2.45, 2.75) is 38.4 Å². The van der Waals surface area contributed by atoms with Crippen molar-refractivity contribution in [3.8, 4) is 5.75 Å². The standard InChI is InChI=1S/C15H20BrClO2/c1-8-9(2)19-10(3)14(8)15(17)11-5-6-13(18-4)12(16)7-11/h5-10,14-15H,1-4H3. The van der Waals surface area contributed by atoms with Gasteiger partial charge in [0.05, 0.1) is 29.2 Å². The third-order valence-corrected chi connectivity index (χ3v) is 5.31. The van der Waals surface area contributed by atoms with Gasteiger partial charge < -0.3 is 9.47 Å². The molecule has 1 saturated heterocycles. The van der Waals surface area contributed by atoms with Crippen LogP contribution in [0.15, 0.2) is 22.7 Å². The molecule has 19 heavy (non-hydrogen) atoms. The summed E-state index contributed by atoms with van der Waals surface area (Å²) in [7, 11) is 1.66. The van der Waals surface area contributed by atoms with Gasteiger partial charge in [-0.05, 0) is 53.4 Å². The van der Waals surface area contributed by atoms with Crippen LogP contribution in [0.2, 0.25) is 0 Å². The Hall–Kier alpha value is -0.250. The molecule has 1 aliphatic heterocycles. The molecule has 0 N–H and O–H groups in total. The Kier molecular flexibility index (Phi) is 4.80. The number of hydrogen-bond acceptors (Lipinski definition) is 2. The van der Waals surface area contributed by atoms with Gasteiger partial charge in [0, 0.05) is 5.92 Å². The Morgan fingerprint density at radius 1 is 1.26 bits per heavy atom. The van der Waals surface area contributed by atoms with E-state index in [-0.39, 0.29) is 17.6 Å². The highest BCUT2D eigenvalue weighted by molar-refractivity contribution is 9.10. The van der Waals surface area contributed by atoms with E-state index < -0.39 is 0 Å². The highest BCUT2D eigenvalue weighted by Gasteiger charge is 2.41. The molecular weight excluding hydrogens is 328 g/mol. The fourth-order valence-electron chi connectivity index (χ4n) is 2.87. The molecule has 2 rings (SSSR count). The second kappa shape index (κ2) is 6.02. The van der Waals surface area contributed by atoms with Crippen molar-refractivity contribution >= 4 is 27.5 Å². The number of alkyl halides is 1. The van der Waals surface area contributed by atoms with E-state index in [1.807, 2.05) is 18.2 Å². The lowest BCUT2D eigenvalue weighted by atomic mass is 9.84. The zero-order valence-electron chi connectivity index (χ0n) is 11.7. The van der Waals surface area contributed by atoms with Crippen LogP contribution in [-0.4, -0.2) is 19.3 Å². The first-order valence-electron chi connectivity index (χ1n) is 6.58. The van der Waals surface area contributed by atoms with E-state index >= 15 is 0 Å². The second-order valence-corrected chi connectivity index (χ2v) is 6.60. The van der Waals surface area contributed by atoms with Crippen LogP contribution in [-0.2, 0) is 4.74 Å². The highest BCUT2D eigenvalue weighted by Crippen LogP contribution is 2.44. The molecule has 0 aliphatic carbocycles. The van der Waals surface area contributed by atoms with Crippen molar-refractivity contribution in [3.05, 3.63) is 28.2 Å². The van der Waals surface area contributed by atoms with E-state index in [2.05, 4.69) is 36.7 Å². The summed E-state index contributed by atoms with van der Waals surface area (Å²) in [5.74, 6) is 1.61. The molecule has 2 nitrogen and oxygen atoms in total. The van der Waals surface area contributed by atoms with Crippen LogP contribution in [0, 0.1) is 11.8 Å². The van der Waals surface area contributed by atoms with Crippen LogP contribution in [0.1, 0.15) is 31.7 Å². The molecule has 1 heterocycles. The van der Waals surface area contributed by atoms with Crippen molar-refractivity contribution in [1.29, 1.82) is 0 Å². The zero-order valence-corrected chi connectivity index (χ0v) is 14.0. The predicted octanol–water partition coefficient (Wildman–Crippen LogP) is 4.80. The average molecular weight is 348 g/mol. The number of ether oxygens (including phenoxy) is 2. The normalized spacial score (nSPS) is 32.3. The molecule has 106 valence electrons. The maximum Gasteiger partial charge on any atom is 0.133 e. The van der Waals surface area contributed by atoms with Crippen LogP contribution >= 0.6 is 27.5 Å². The summed E-state index contributed by atoms with van der Waals surface area (Å²) in [6.07, 6.45) is 0.455. The number of rotatable bonds is 3. The van der Waals surface area contributed by atoms with Crippen molar-refractivity contribution in [2.24, 2.45) is 11.8 Å². The summed E-state index contributed by atoms with van der Waals surface area (Å²) in [4.78, 5) is 0. The van der Waals surface area contributed by atoms with Gasteiger partial charge in [0.25, 0.3) is 0 Å². The summed E-state index contributed by atoms with van der Waals surface area (Å²) in [5.41, 5.74) is 1.11. The van der Waals surface area contributed by atoms with E-state index in [4.69, 9.17) is 21.1 Å². The molecular formula is C15H20BrClO2. The molecule has 1 fully saturated rings. The number of hydrogen-bond donors (Lipinski definition) is 0. The number of halogens is 2. The second-order valence-electron chi connectivity index (χ2n) is 5.28. The lowest BCUT2D eigenvalue weighted by molar-refractivity contribution is 0.0508. The SMILES string of the molecule is COc1ccc(C(Cl)C2C(C)OC(C)C2C)cc1Br. The molecule has 0 radical (unpaired) electrons. The molecule has 0 saturated carbocycles. The van der Waals surface area contributed by atoms with Gasteiger partial charge in [-0.3, -0.25) is 0 Å². The minimum Gasteiger partial charge on any atom is -0.496 e. The Labute approximate surface area is 128 Å². The maximum atomic E-state index is 6.69. The minimum absolute atomic E-state index is 0.0443. The molecule has 5 unspecified atom stereocenters. The molecule has 0 aromatic heterocycles. The quantitative estimate of drug-likeness (QED) is 0.731. The van der Waals surface area contributed by atoms with Gasteiger partial charge >= 0.3 is 0 Å². The Morgan fingerprint density at radius 2 is 1.95 bits per heavy atom. The molecule has 1 aromatic rings. The smallest absolute Gasteiger partial charge is 0.133 e. The fourth-order valence-corrected chi connectivity index (χ4v) is 4.00. The largest absolute Gasteiger partial charge is 0.496 e. The first-order valence-corrected chi connectivity index (χ1v) is 7.81. The number of methoxy groups -OCH3 is 1. The molecule has 5 atom stereocenters. The third-order valence-electron chi connectivity index (χ3n) is 4.15. The van der Waals surface area contributed by atoms with Gasteiger partial charge in [0.15, 0.2) is 0 Å². The van der Waals surface area contributed by atoms with E-state index in [0.29, 0.717) is 11.8 Å². The number of benzene rings is 1. The molecule has 4 heteroatoms. The predicted molar refractivity (Wildman–Crippen MR) is 82.0 cm³/mol. The van der Waals surface area contributed by atoms with Crippen LogP contribution in [0.4, 0.5) is 0 Å². The molecule has 0 bridgehead atoms. The van der Waals surface area contributed by atoms with Gasteiger partial charge in [0.1, 0.15) is 5.75 Å². The topological polar surface area (TPSA) is 18.5 Å². The zero-order chi connectivity index (χ0) is 14.2. The van der Waals surface area contributed by atoms with E-state index in [0.717, 1.165) is 15.8 Å². The molecule has 1 aromatic carbocycles. The average Bonchev–Trinajstić information content (AvgIpc) is 2.62. The van der Waals surface area contributed by atoms with Crippen molar-refractivity contribution in [3.63, 3.8) is 0 Å². The van der Waals surface area contributed by atoms with E-state index in [9.17, 15) is 0 Å². The summed E-state index contributed by atoms with van der Waals surface area (Å²) in [5, 5.41) is -0.0443. The van der Waals surface area contributed by atoms with Crippen LogP contribution in [0.5, 0.6) is 5.75 Å². The first kappa shape index (κ1) is 15.1. The summed E-state index contributed by atoms with van der Waals surface area (Å²) in [6, 6.07) is 6.02. The van der Waals surface area contributed by atoms with Crippen LogP contribution in [0.3, 0.4) is 0 Å². The monoisotopic (exact) mass is 346 g/mol. The third kappa shape index (κ3) is 2.93. The molecule has 0 amide bonds. The van der Waals surface area contributed by atoms with Crippen LogP contribution in [0.25, 0.3) is 0 Å².